The summed E-state index contributed by atoms with van der Waals surface area (Å²) in [5, 5.41) is 0. The maximum absolute atomic E-state index is 11.3. The van der Waals surface area contributed by atoms with Crippen molar-refractivity contribution in [1.82, 2.24) is 0 Å². The molecule has 0 aromatic heterocycles. The fourth-order valence-electron chi connectivity index (χ4n) is 7.59. The monoisotopic (exact) mass is 791 g/mol. The van der Waals surface area contributed by atoms with Crippen LogP contribution in [0.25, 0.3) is 22.3 Å². The van der Waals surface area contributed by atoms with E-state index in [1.165, 1.54) is 33.4 Å². The van der Waals surface area contributed by atoms with Gasteiger partial charge in [0, 0.05) is 33.6 Å². The van der Waals surface area contributed by atoms with Crippen LogP contribution in [-0.4, -0.2) is 6.29 Å². The summed E-state index contributed by atoms with van der Waals surface area (Å²) in [6, 6.07) is 49.3. The van der Waals surface area contributed by atoms with E-state index in [1.807, 2.05) is 6.07 Å². The molecule has 7 rings (SSSR count). The second kappa shape index (κ2) is 16.0. The van der Waals surface area contributed by atoms with E-state index >= 15 is 0 Å². The van der Waals surface area contributed by atoms with E-state index in [1.54, 1.807) is 12.1 Å². The lowest BCUT2D eigenvalue weighted by Crippen LogP contribution is -2.25. The van der Waals surface area contributed by atoms with Gasteiger partial charge in [-0.25, -0.2) is 0 Å². The maximum atomic E-state index is 11.3. The molecule has 0 unspecified atom stereocenters. The van der Waals surface area contributed by atoms with Crippen molar-refractivity contribution in [1.29, 1.82) is 0 Å². The first-order valence-electron chi connectivity index (χ1n) is 18.3. The predicted octanol–water partition coefficient (Wildman–Crippen LogP) is 13.3. The lowest BCUT2D eigenvalue weighted by atomic mass is 9.70. The fourth-order valence-corrected chi connectivity index (χ4v) is 8.03. The summed E-state index contributed by atoms with van der Waals surface area (Å²) in [6.45, 7) is 4.58. The average molecular weight is 792 g/mol. The second-order valence-corrected chi connectivity index (χ2v) is 14.7. The molecule has 6 aromatic carbocycles. The smallest absolute Gasteiger partial charge is 0.154 e. The van der Waals surface area contributed by atoms with Gasteiger partial charge in [-0.2, -0.15) is 0 Å². The van der Waals surface area contributed by atoms with Crippen molar-refractivity contribution < 1.29 is 9.53 Å². The number of ether oxygens (including phenoxy) is 1. The minimum absolute atomic E-state index is 0.0870. The number of anilines is 3. The molecule has 0 bridgehead atoms. The van der Waals surface area contributed by atoms with Gasteiger partial charge in [0.2, 0.25) is 0 Å². The molecular weight excluding hydrogens is 749 g/mol. The van der Waals surface area contributed by atoms with Gasteiger partial charge in [0.25, 0.3) is 0 Å². The molecule has 0 radical (unpaired) electrons. The molecule has 6 aromatic rings. The molecule has 4 heteroatoms. The zero-order valence-corrected chi connectivity index (χ0v) is 31.9. The second-order valence-electron chi connectivity index (χ2n) is 13.5. The molecule has 0 N–H and O–H groups in total. The number of rotatable bonds is 12. The first-order chi connectivity index (χ1) is 25.5. The molecular formula is C48H42INO2. The molecule has 52 heavy (non-hydrogen) atoms. The Hall–Kier alpha value is -5.12. The Morgan fingerprint density at radius 2 is 1.23 bits per heavy atom. The zero-order valence-electron chi connectivity index (χ0n) is 29.7. The van der Waals surface area contributed by atoms with E-state index in [2.05, 4.69) is 175 Å². The van der Waals surface area contributed by atoms with Gasteiger partial charge in [-0.3, -0.25) is 4.79 Å². The minimum atomic E-state index is -0.0870. The van der Waals surface area contributed by atoms with Crippen LogP contribution >= 0.6 is 22.6 Å². The summed E-state index contributed by atoms with van der Waals surface area (Å²) >= 11 is 2.21. The highest BCUT2D eigenvalue weighted by molar-refractivity contribution is 14.1. The minimum Gasteiger partial charge on any atom is -0.406 e. The predicted molar refractivity (Wildman–Crippen MR) is 224 cm³/mol. The highest BCUT2D eigenvalue weighted by atomic mass is 127. The SMILES string of the molecule is CCCCC1(CCCC)c2cc(C#COc3cc(C=O)ccc3I)ccc2-c2ccc(-c3ccc(N(c4ccccc4)c4ccccc4)cc3)cc21. The first-order valence-corrected chi connectivity index (χ1v) is 19.3. The number of unbranched alkanes of at least 4 members (excludes halogenated alkanes) is 2. The van der Waals surface area contributed by atoms with Gasteiger partial charge < -0.3 is 9.64 Å². The number of para-hydroxylation sites is 2. The number of carbonyl (C=O) groups excluding carboxylic acids is 1. The topological polar surface area (TPSA) is 29.5 Å². The van der Waals surface area contributed by atoms with E-state index in [-0.39, 0.29) is 5.41 Å². The van der Waals surface area contributed by atoms with Crippen LogP contribution in [0.3, 0.4) is 0 Å². The molecule has 0 atom stereocenters. The average Bonchev–Trinajstić information content (AvgIpc) is 3.46. The number of hydrogen-bond acceptors (Lipinski definition) is 3. The molecule has 0 heterocycles. The summed E-state index contributed by atoms with van der Waals surface area (Å²) < 4.78 is 6.77. The number of halogens is 1. The van der Waals surface area contributed by atoms with Crippen molar-refractivity contribution in [3.8, 4) is 40.0 Å². The van der Waals surface area contributed by atoms with E-state index in [0.29, 0.717) is 11.3 Å². The van der Waals surface area contributed by atoms with Crippen molar-refractivity contribution in [3.63, 3.8) is 0 Å². The molecule has 0 fully saturated rings. The normalized spacial score (nSPS) is 12.3. The molecule has 3 nitrogen and oxygen atoms in total. The third-order valence-corrected chi connectivity index (χ3v) is 11.1. The Morgan fingerprint density at radius 1 is 0.654 bits per heavy atom. The van der Waals surface area contributed by atoms with E-state index in [4.69, 9.17) is 4.74 Å². The first kappa shape index (κ1) is 35.3. The van der Waals surface area contributed by atoms with E-state index in [0.717, 1.165) is 71.0 Å². The Labute approximate surface area is 321 Å². The Kier molecular flexibility index (Phi) is 10.9. The molecule has 0 amide bonds. The largest absolute Gasteiger partial charge is 0.406 e. The van der Waals surface area contributed by atoms with Crippen LogP contribution in [0.5, 0.6) is 5.75 Å². The van der Waals surface area contributed by atoms with Gasteiger partial charge >= 0.3 is 0 Å². The molecule has 1 aliphatic carbocycles. The molecule has 0 saturated carbocycles. The summed E-state index contributed by atoms with van der Waals surface area (Å²) in [4.78, 5) is 13.6. The number of carbonyl (C=O) groups is 1. The van der Waals surface area contributed by atoms with Crippen molar-refractivity contribution in [3.05, 3.63) is 165 Å². The van der Waals surface area contributed by atoms with Crippen LogP contribution in [0.4, 0.5) is 17.1 Å². The number of fused-ring (bicyclic) bond motifs is 3. The van der Waals surface area contributed by atoms with Crippen molar-refractivity contribution in [2.75, 3.05) is 4.90 Å². The lowest BCUT2D eigenvalue weighted by Gasteiger charge is -2.33. The van der Waals surface area contributed by atoms with Gasteiger partial charge in [0.05, 0.1) is 3.57 Å². The molecule has 258 valence electrons. The number of benzene rings is 6. The van der Waals surface area contributed by atoms with Crippen LogP contribution in [0.1, 0.15) is 79.4 Å². The number of aldehydes is 1. The van der Waals surface area contributed by atoms with E-state index < -0.39 is 0 Å². The summed E-state index contributed by atoms with van der Waals surface area (Å²) in [5.74, 6) is 3.87. The fraction of sp³-hybridized carbons (Fsp3) is 0.188. The number of nitrogens with zero attached hydrogens (tertiary/aromatic N) is 1. The van der Waals surface area contributed by atoms with E-state index in [9.17, 15) is 4.79 Å². The number of hydrogen-bond donors (Lipinski definition) is 0. The molecule has 1 aliphatic rings. The third-order valence-electron chi connectivity index (χ3n) is 10.2. The van der Waals surface area contributed by atoms with Crippen LogP contribution < -0.4 is 9.64 Å². The molecule has 0 saturated heterocycles. The summed E-state index contributed by atoms with van der Waals surface area (Å²) in [5.41, 5.74) is 12.7. The van der Waals surface area contributed by atoms with Crippen LogP contribution in [0, 0.1) is 15.6 Å². The van der Waals surface area contributed by atoms with Crippen LogP contribution in [0.2, 0.25) is 0 Å². The van der Waals surface area contributed by atoms with Crippen LogP contribution in [0.15, 0.2) is 140 Å². The highest BCUT2D eigenvalue weighted by Gasteiger charge is 2.42. The Balaban J connectivity index is 1.25. The van der Waals surface area contributed by atoms with Crippen molar-refractivity contribution >= 4 is 45.9 Å². The van der Waals surface area contributed by atoms with Crippen molar-refractivity contribution in [2.45, 2.75) is 57.8 Å². The Morgan fingerprint density at radius 3 is 1.85 bits per heavy atom. The molecule has 0 aliphatic heterocycles. The van der Waals surface area contributed by atoms with Gasteiger partial charge in [-0.15, -0.1) is 0 Å². The Bertz CT molecular complexity index is 2190. The van der Waals surface area contributed by atoms with Crippen molar-refractivity contribution in [2.24, 2.45) is 0 Å². The standard InChI is InChI=1S/C48H42INO2/c1-3-5-28-48(29-6-4-2)44-31-35(27-30-52-47-32-36(34-51)18-26-46(47)49)17-24-42(44)43-25-21-38(33-45(43)48)37-19-22-41(23-20-37)50(39-13-9-7-10-14-39)40-15-11-8-12-16-40/h7-26,31-34H,3-6,28-29H2,1-2H3. The third kappa shape index (κ3) is 7.16. The zero-order chi connectivity index (χ0) is 35.9. The highest BCUT2D eigenvalue weighted by Crippen LogP contribution is 2.55. The van der Waals surface area contributed by atoms with Gasteiger partial charge in [0.15, 0.2) is 5.75 Å². The summed E-state index contributed by atoms with van der Waals surface area (Å²) in [7, 11) is 0. The van der Waals surface area contributed by atoms with Gasteiger partial charge in [0.1, 0.15) is 12.4 Å². The van der Waals surface area contributed by atoms with Gasteiger partial charge in [-0.05, 0) is 141 Å². The van der Waals surface area contributed by atoms with Crippen LogP contribution in [-0.2, 0) is 5.41 Å². The summed E-state index contributed by atoms with van der Waals surface area (Å²) in [6.07, 6.45) is 10.5. The maximum Gasteiger partial charge on any atom is 0.154 e. The quantitative estimate of drug-likeness (QED) is 0.0702. The lowest BCUT2D eigenvalue weighted by molar-refractivity contribution is 0.112. The molecule has 0 spiro atoms. The van der Waals surface area contributed by atoms with Gasteiger partial charge in [-0.1, -0.05) is 112 Å².